The van der Waals surface area contributed by atoms with Gasteiger partial charge in [0.1, 0.15) is 0 Å². The lowest BCUT2D eigenvalue weighted by molar-refractivity contribution is 0.122. The molecule has 0 saturated carbocycles. The molecule has 2 aliphatic rings. The Kier molecular flexibility index (Phi) is 5.60. The van der Waals surface area contributed by atoms with Crippen LogP contribution in [0.4, 0.5) is 5.95 Å². The first-order valence-electron chi connectivity index (χ1n) is 11.9. The number of fused-ring (bicyclic) bond motifs is 3. The first kappa shape index (κ1) is 21.1. The van der Waals surface area contributed by atoms with Gasteiger partial charge < -0.3 is 9.64 Å². The van der Waals surface area contributed by atoms with Crippen molar-refractivity contribution in [3.8, 4) is 0 Å². The van der Waals surface area contributed by atoms with E-state index in [1.807, 2.05) is 40.9 Å². The molecule has 1 fully saturated rings. The van der Waals surface area contributed by atoms with Crippen LogP contribution in [0.25, 0.3) is 5.78 Å². The molecule has 34 heavy (non-hydrogen) atoms. The van der Waals surface area contributed by atoms with E-state index < -0.39 is 0 Å². The Morgan fingerprint density at radius 1 is 0.853 bits per heavy atom. The minimum Gasteiger partial charge on any atom is -0.378 e. The van der Waals surface area contributed by atoms with Gasteiger partial charge in [0, 0.05) is 38.3 Å². The average molecular weight is 457 g/mol. The fourth-order valence-electron chi connectivity index (χ4n) is 4.91. The van der Waals surface area contributed by atoms with Crippen molar-refractivity contribution in [3.05, 3.63) is 93.4 Å². The predicted octanol–water partition coefficient (Wildman–Crippen LogP) is 2.33. The Balaban J connectivity index is 1.43. The Labute approximate surface area is 198 Å². The molecule has 0 unspecified atom stereocenters. The van der Waals surface area contributed by atoms with Crippen molar-refractivity contribution in [2.24, 2.45) is 0 Å². The van der Waals surface area contributed by atoms with Crippen LogP contribution < -0.4 is 10.5 Å². The molecule has 2 aliphatic heterocycles. The summed E-state index contributed by atoms with van der Waals surface area (Å²) in [5, 5.41) is 4.92. The smallest absolute Gasteiger partial charge is 0.258 e. The molecule has 0 N–H and O–H groups in total. The van der Waals surface area contributed by atoms with Gasteiger partial charge in [-0.2, -0.15) is 9.50 Å². The van der Waals surface area contributed by atoms with E-state index in [1.165, 1.54) is 5.56 Å². The number of nitrogens with zero attached hydrogens (tertiary/aromatic N) is 6. The van der Waals surface area contributed by atoms with Crippen LogP contribution in [0.5, 0.6) is 0 Å². The van der Waals surface area contributed by atoms with Gasteiger partial charge in [0.15, 0.2) is 0 Å². The standard InChI is InChI=1S/C26H28N6O2/c33-24-22-11-12-29(17-20-7-3-1-4-8-20)19-23(22)32-26(31(24)18-21-9-5-2-6-10-21)27-25(28-32)30-13-15-34-16-14-30/h1-10H,11-19H2. The fourth-order valence-corrected chi connectivity index (χ4v) is 4.91. The summed E-state index contributed by atoms with van der Waals surface area (Å²) in [5.41, 5.74) is 4.20. The second-order valence-electron chi connectivity index (χ2n) is 8.97. The Bertz CT molecular complexity index is 1340. The monoisotopic (exact) mass is 456 g/mol. The molecule has 0 aliphatic carbocycles. The molecule has 4 heterocycles. The Morgan fingerprint density at radius 3 is 2.24 bits per heavy atom. The summed E-state index contributed by atoms with van der Waals surface area (Å²) in [6.45, 7) is 5.67. The summed E-state index contributed by atoms with van der Waals surface area (Å²) in [5.74, 6) is 1.27. The van der Waals surface area contributed by atoms with Crippen molar-refractivity contribution in [1.82, 2.24) is 24.1 Å². The molecule has 0 atom stereocenters. The molecule has 174 valence electrons. The van der Waals surface area contributed by atoms with E-state index in [-0.39, 0.29) is 5.56 Å². The Hall–Kier alpha value is -3.49. The summed E-state index contributed by atoms with van der Waals surface area (Å²) >= 11 is 0. The molecule has 0 radical (unpaired) electrons. The lowest BCUT2D eigenvalue weighted by Crippen LogP contribution is -2.38. The summed E-state index contributed by atoms with van der Waals surface area (Å²) < 4.78 is 9.22. The van der Waals surface area contributed by atoms with Crippen molar-refractivity contribution in [2.45, 2.75) is 26.1 Å². The third-order valence-electron chi connectivity index (χ3n) is 6.71. The summed E-state index contributed by atoms with van der Waals surface area (Å²) in [6, 6.07) is 20.6. The summed E-state index contributed by atoms with van der Waals surface area (Å²) in [4.78, 5) is 23.1. The fraction of sp³-hybridized carbons (Fsp3) is 0.346. The topological polar surface area (TPSA) is 67.9 Å². The number of rotatable bonds is 5. The zero-order valence-electron chi connectivity index (χ0n) is 19.1. The van der Waals surface area contributed by atoms with Gasteiger partial charge >= 0.3 is 0 Å². The number of ether oxygens (including phenoxy) is 1. The quantitative estimate of drug-likeness (QED) is 0.459. The first-order valence-corrected chi connectivity index (χ1v) is 11.9. The van der Waals surface area contributed by atoms with Crippen molar-refractivity contribution in [1.29, 1.82) is 0 Å². The van der Waals surface area contributed by atoms with Gasteiger partial charge in [0.2, 0.25) is 11.7 Å². The van der Waals surface area contributed by atoms with Crippen LogP contribution in [0.15, 0.2) is 65.5 Å². The molecule has 2 aromatic heterocycles. The molecule has 6 rings (SSSR count). The van der Waals surface area contributed by atoms with E-state index in [1.54, 1.807) is 4.57 Å². The minimum absolute atomic E-state index is 0.0478. The third-order valence-corrected chi connectivity index (χ3v) is 6.71. The van der Waals surface area contributed by atoms with Crippen LogP contribution >= 0.6 is 0 Å². The maximum absolute atomic E-state index is 13.7. The molecule has 0 spiro atoms. The zero-order valence-corrected chi connectivity index (χ0v) is 19.1. The summed E-state index contributed by atoms with van der Waals surface area (Å²) in [7, 11) is 0. The van der Waals surface area contributed by atoms with Crippen molar-refractivity contribution >= 4 is 11.7 Å². The molecular weight excluding hydrogens is 428 g/mol. The number of benzene rings is 2. The lowest BCUT2D eigenvalue weighted by atomic mass is 10.1. The predicted molar refractivity (Wildman–Crippen MR) is 130 cm³/mol. The molecule has 1 saturated heterocycles. The van der Waals surface area contributed by atoms with Crippen LogP contribution in [0.2, 0.25) is 0 Å². The minimum atomic E-state index is 0.0478. The van der Waals surface area contributed by atoms with Gasteiger partial charge in [-0.1, -0.05) is 60.7 Å². The molecule has 0 amide bonds. The van der Waals surface area contributed by atoms with E-state index >= 15 is 0 Å². The highest BCUT2D eigenvalue weighted by Gasteiger charge is 2.27. The molecule has 4 aromatic rings. The van der Waals surface area contributed by atoms with Gasteiger partial charge in [-0.25, -0.2) is 0 Å². The highest BCUT2D eigenvalue weighted by Crippen LogP contribution is 2.22. The highest BCUT2D eigenvalue weighted by atomic mass is 16.5. The van der Waals surface area contributed by atoms with Crippen LogP contribution in [-0.2, 0) is 30.8 Å². The zero-order chi connectivity index (χ0) is 22.9. The molecule has 8 nitrogen and oxygen atoms in total. The van der Waals surface area contributed by atoms with Crippen LogP contribution in [0.3, 0.4) is 0 Å². The number of hydrogen-bond donors (Lipinski definition) is 0. The SMILES string of the molecule is O=c1c2c(n3nc(N4CCOCC4)nc3n1Cc1ccccc1)CN(Cc1ccccc1)CC2. The first-order chi connectivity index (χ1) is 16.8. The molecule has 8 heteroatoms. The second-order valence-corrected chi connectivity index (χ2v) is 8.97. The molecule has 2 aromatic carbocycles. The second kappa shape index (κ2) is 9.04. The lowest BCUT2D eigenvalue weighted by Gasteiger charge is -2.29. The molecule has 0 bridgehead atoms. The highest BCUT2D eigenvalue weighted by molar-refractivity contribution is 5.44. The van der Waals surface area contributed by atoms with Gasteiger partial charge in [-0.05, 0) is 17.5 Å². The van der Waals surface area contributed by atoms with E-state index in [0.717, 1.165) is 43.0 Å². The van der Waals surface area contributed by atoms with E-state index in [0.29, 0.717) is 44.5 Å². The van der Waals surface area contributed by atoms with Crippen molar-refractivity contribution in [3.63, 3.8) is 0 Å². The number of morpholine rings is 1. The largest absolute Gasteiger partial charge is 0.378 e. The van der Waals surface area contributed by atoms with Gasteiger partial charge in [0.25, 0.3) is 5.56 Å². The van der Waals surface area contributed by atoms with Crippen LogP contribution in [-0.4, -0.2) is 56.9 Å². The Morgan fingerprint density at radius 2 is 1.53 bits per heavy atom. The van der Waals surface area contributed by atoms with E-state index in [4.69, 9.17) is 14.8 Å². The van der Waals surface area contributed by atoms with Gasteiger partial charge in [0.05, 0.1) is 25.5 Å². The van der Waals surface area contributed by atoms with E-state index in [9.17, 15) is 4.79 Å². The molecular formula is C26H28N6O2. The number of hydrogen-bond acceptors (Lipinski definition) is 6. The van der Waals surface area contributed by atoms with E-state index in [2.05, 4.69) is 34.1 Å². The average Bonchev–Trinajstić information content (AvgIpc) is 3.34. The van der Waals surface area contributed by atoms with Crippen molar-refractivity contribution in [2.75, 3.05) is 37.7 Å². The van der Waals surface area contributed by atoms with Crippen LogP contribution in [0, 0.1) is 0 Å². The maximum Gasteiger partial charge on any atom is 0.258 e. The van der Waals surface area contributed by atoms with Gasteiger partial charge in [-0.3, -0.25) is 14.3 Å². The van der Waals surface area contributed by atoms with Crippen molar-refractivity contribution < 1.29 is 4.74 Å². The third kappa shape index (κ3) is 3.99. The maximum atomic E-state index is 13.7. The number of anilines is 1. The normalized spacial score (nSPS) is 16.6. The number of aromatic nitrogens is 4. The summed E-state index contributed by atoms with van der Waals surface area (Å²) in [6.07, 6.45) is 0.707. The van der Waals surface area contributed by atoms with Gasteiger partial charge in [-0.15, -0.1) is 5.10 Å². The van der Waals surface area contributed by atoms with Crippen LogP contribution in [0.1, 0.15) is 22.4 Å².